The van der Waals surface area contributed by atoms with E-state index in [2.05, 4.69) is 59.1 Å². The van der Waals surface area contributed by atoms with E-state index < -0.39 is 0 Å². The molecule has 0 saturated heterocycles. The number of aliphatic hydroxyl groups is 1. The fraction of sp³-hybridized carbons (Fsp3) is 0.625. The zero-order chi connectivity index (χ0) is 13.8. The van der Waals surface area contributed by atoms with Crippen molar-refractivity contribution in [2.75, 3.05) is 13.6 Å². The second-order valence-electron chi connectivity index (χ2n) is 6.07. The van der Waals surface area contributed by atoms with Crippen molar-refractivity contribution in [3.05, 3.63) is 34.3 Å². The Balaban J connectivity index is 1.88. The molecular formula is C16H24BrNO. The maximum absolute atomic E-state index is 10.1. The summed E-state index contributed by atoms with van der Waals surface area (Å²) in [5.41, 5.74) is 1.32. The van der Waals surface area contributed by atoms with Gasteiger partial charge in [-0.15, -0.1) is 0 Å². The highest BCUT2D eigenvalue weighted by Gasteiger charge is 2.27. The first-order chi connectivity index (χ1) is 9.04. The van der Waals surface area contributed by atoms with Gasteiger partial charge in [0.25, 0.3) is 0 Å². The maximum atomic E-state index is 10.1. The van der Waals surface area contributed by atoms with Crippen LogP contribution in [0.4, 0.5) is 0 Å². The lowest BCUT2D eigenvalue weighted by Crippen LogP contribution is -2.36. The summed E-state index contributed by atoms with van der Waals surface area (Å²) in [5, 5.41) is 10.1. The highest BCUT2D eigenvalue weighted by atomic mass is 79.9. The summed E-state index contributed by atoms with van der Waals surface area (Å²) in [7, 11) is 2.15. The Labute approximate surface area is 124 Å². The lowest BCUT2D eigenvalue weighted by atomic mass is 9.80. The maximum Gasteiger partial charge on any atom is 0.0580 e. The Morgan fingerprint density at radius 1 is 1.37 bits per heavy atom. The highest BCUT2D eigenvalue weighted by molar-refractivity contribution is 9.10. The zero-order valence-electron chi connectivity index (χ0n) is 11.8. The first-order valence-corrected chi connectivity index (χ1v) is 7.95. The third-order valence-electron chi connectivity index (χ3n) is 4.09. The minimum Gasteiger partial charge on any atom is -0.393 e. The molecule has 1 aliphatic rings. The van der Waals surface area contributed by atoms with Crippen LogP contribution in [0.3, 0.4) is 0 Å². The van der Waals surface area contributed by atoms with E-state index in [0.717, 1.165) is 36.3 Å². The van der Waals surface area contributed by atoms with E-state index in [1.165, 1.54) is 12.0 Å². The lowest BCUT2D eigenvalue weighted by Gasteiger charge is -2.34. The van der Waals surface area contributed by atoms with Gasteiger partial charge in [0.05, 0.1) is 6.10 Å². The SMILES string of the molecule is CC1CCC(O)C(CN(C)Cc2cccc(Br)c2)C1. The third kappa shape index (κ3) is 4.59. The van der Waals surface area contributed by atoms with Crippen LogP contribution in [0.15, 0.2) is 28.7 Å². The Morgan fingerprint density at radius 2 is 2.16 bits per heavy atom. The molecule has 2 rings (SSSR count). The number of hydrogen-bond acceptors (Lipinski definition) is 2. The molecule has 1 fully saturated rings. The summed E-state index contributed by atoms with van der Waals surface area (Å²) in [4.78, 5) is 2.33. The topological polar surface area (TPSA) is 23.5 Å². The van der Waals surface area contributed by atoms with Crippen LogP contribution in [0, 0.1) is 11.8 Å². The largest absolute Gasteiger partial charge is 0.393 e. The monoisotopic (exact) mass is 325 g/mol. The molecule has 1 N–H and O–H groups in total. The van der Waals surface area contributed by atoms with Gasteiger partial charge in [0.1, 0.15) is 0 Å². The molecule has 0 heterocycles. The molecule has 3 atom stereocenters. The van der Waals surface area contributed by atoms with Crippen molar-refractivity contribution in [2.24, 2.45) is 11.8 Å². The van der Waals surface area contributed by atoms with Crippen LogP contribution in [0.25, 0.3) is 0 Å². The van der Waals surface area contributed by atoms with Crippen molar-refractivity contribution >= 4 is 15.9 Å². The smallest absolute Gasteiger partial charge is 0.0580 e. The number of hydrogen-bond donors (Lipinski definition) is 1. The van der Waals surface area contributed by atoms with Crippen LogP contribution in [0.2, 0.25) is 0 Å². The first-order valence-electron chi connectivity index (χ1n) is 7.15. The summed E-state index contributed by atoms with van der Waals surface area (Å²) >= 11 is 3.51. The van der Waals surface area contributed by atoms with Gasteiger partial charge >= 0.3 is 0 Å². The number of nitrogens with zero attached hydrogens (tertiary/aromatic N) is 1. The Hall–Kier alpha value is -0.380. The van der Waals surface area contributed by atoms with Gasteiger partial charge in [0.15, 0.2) is 0 Å². The number of aliphatic hydroxyl groups excluding tert-OH is 1. The number of rotatable bonds is 4. The van der Waals surface area contributed by atoms with Crippen molar-refractivity contribution < 1.29 is 5.11 Å². The van der Waals surface area contributed by atoms with E-state index in [0.29, 0.717) is 5.92 Å². The molecule has 1 aromatic rings. The number of benzene rings is 1. The molecule has 2 nitrogen and oxygen atoms in total. The molecule has 1 aliphatic carbocycles. The van der Waals surface area contributed by atoms with Crippen LogP contribution in [-0.4, -0.2) is 29.7 Å². The van der Waals surface area contributed by atoms with Crippen molar-refractivity contribution in [1.29, 1.82) is 0 Å². The summed E-state index contributed by atoms with van der Waals surface area (Å²) in [6, 6.07) is 8.44. The number of halogens is 1. The van der Waals surface area contributed by atoms with E-state index in [4.69, 9.17) is 0 Å². The van der Waals surface area contributed by atoms with E-state index in [1.807, 2.05) is 0 Å². The Morgan fingerprint density at radius 3 is 2.89 bits per heavy atom. The van der Waals surface area contributed by atoms with Crippen molar-refractivity contribution in [1.82, 2.24) is 4.90 Å². The molecule has 0 amide bonds. The van der Waals surface area contributed by atoms with Crippen molar-refractivity contribution in [3.63, 3.8) is 0 Å². The molecule has 19 heavy (non-hydrogen) atoms. The van der Waals surface area contributed by atoms with Crippen molar-refractivity contribution in [3.8, 4) is 0 Å². The Kier molecular flexibility index (Phi) is 5.43. The van der Waals surface area contributed by atoms with E-state index >= 15 is 0 Å². The molecule has 1 saturated carbocycles. The average Bonchev–Trinajstić information content (AvgIpc) is 2.34. The van der Waals surface area contributed by atoms with Gasteiger partial charge in [0, 0.05) is 17.6 Å². The van der Waals surface area contributed by atoms with Crippen LogP contribution in [0.1, 0.15) is 31.7 Å². The highest BCUT2D eigenvalue weighted by Crippen LogP contribution is 2.29. The fourth-order valence-corrected chi connectivity index (χ4v) is 3.54. The summed E-state index contributed by atoms with van der Waals surface area (Å²) < 4.78 is 1.13. The molecule has 0 aliphatic heterocycles. The average molecular weight is 326 g/mol. The van der Waals surface area contributed by atoms with Crippen LogP contribution in [-0.2, 0) is 6.54 Å². The molecule has 106 valence electrons. The zero-order valence-corrected chi connectivity index (χ0v) is 13.4. The van der Waals surface area contributed by atoms with E-state index in [1.54, 1.807) is 0 Å². The minimum atomic E-state index is -0.110. The molecular weight excluding hydrogens is 302 g/mol. The predicted octanol–water partition coefficient (Wildman–Crippen LogP) is 3.68. The summed E-state index contributed by atoms with van der Waals surface area (Å²) in [6.45, 7) is 4.22. The Bertz CT molecular complexity index is 409. The van der Waals surface area contributed by atoms with Crippen LogP contribution >= 0.6 is 15.9 Å². The molecule has 0 bridgehead atoms. The quantitative estimate of drug-likeness (QED) is 0.912. The van der Waals surface area contributed by atoms with Crippen molar-refractivity contribution in [2.45, 2.75) is 38.8 Å². The van der Waals surface area contributed by atoms with Gasteiger partial charge in [0.2, 0.25) is 0 Å². The van der Waals surface area contributed by atoms with Gasteiger partial charge in [-0.25, -0.2) is 0 Å². The molecule has 0 radical (unpaired) electrons. The minimum absolute atomic E-state index is 0.110. The second kappa shape index (κ2) is 6.87. The first kappa shape index (κ1) is 15.0. The molecule has 1 aromatic carbocycles. The molecule has 3 unspecified atom stereocenters. The predicted molar refractivity (Wildman–Crippen MR) is 83.0 cm³/mol. The summed E-state index contributed by atoms with van der Waals surface area (Å²) in [5.74, 6) is 1.19. The van der Waals surface area contributed by atoms with Gasteiger partial charge in [-0.3, -0.25) is 0 Å². The fourth-order valence-electron chi connectivity index (χ4n) is 3.09. The van der Waals surface area contributed by atoms with Gasteiger partial charge < -0.3 is 10.0 Å². The van der Waals surface area contributed by atoms with Crippen LogP contribution in [0.5, 0.6) is 0 Å². The third-order valence-corrected chi connectivity index (χ3v) is 4.59. The van der Waals surface area contributed by atoms with Gasteiger partial charge in [-0.2, -0.15) is 0 Å². The second-order valence-corrected chi connectivity index (χ2v) is 6.99. The van der Waals surface area contributed by atoms with Crippen LogP contribution < -0.4 is 0 Å². The summed E-state index contributed by atoms with van der Waals surface area (Å²) in [6.07, 6.45) is 3.19. The molecule has 0 aromatic heterocycles. The standard InChI is InChI=1S/C16H24BrNO/c1-12-6-7-16(19)14(8-12)11-18(2)10-13-4-3-5-15(17)9-13/h3-5,9,12,14,16,19H,6-8,10-11H2,1-2H3. The van der Waals surface area contributed by atoms with E-state index in [-0.39, 0.29) is 6.10 Å². The van der Waals surface area contributed by atoms with Gasteiger partial charge in [-0.05, 0) is 55.8 Å². The van der Waals surface area contributed by atoms with Gasteiger partial charge in [-0.1, -0.05) is 35.0 Å². The molecule has 3 heteroatoms. The molecule has 0 spiro atoms. The normalized spacial score (nSPS) is 27.7. The van der Waals surface area contributed by atoms with E-state index in [9.17, 15) is 5.11 Å². The lowest BCUT2D eigenvalue weighted by molar-refractivity contribution is 0.0338.